The Morgan fingerprint density at radius 3 is 2.27 bits per heavy atom. The summed E-state index contributed by atoms with van der Waals surface area (Å²) < 4.78 is 0. The van der Waals surface area contributed by atoms with Crippen molar-refractivity contribution in [3.8, 4) is 0 Å². The number of anilines is 2. The zero-order valence-electron chi connectivity index (χ0n) is 11.8. The second-order valence-corrected chi connectivity index (χ2v) is 5.10. The van der Waals surface area contributed by atoms with Crippen LogP contribution in [0.25, 0.3) is 0 Å². The van der Waals surface area contributed by atoms with Crippen molar-refractivity contribution in [3.63, 3.8) is 0 Å². The van der Waals surface area contributed by atoms with E-state index in [0.29, 0.717) is 17.1 Å². The third-order valence-corrected chi connectivity index (χ3v) is 3.44. The number of hydrogen-bond donors (Lipinski definition) is 3. The van der Waals surface area contributed by atoms with Crippen molar-refractivity contribution in [1.29, 1.82) is 0 Å². The second kappa shape index (κ2) is 6.49. The van der Waals surface area contributed by atoms with Gasteiger partial charge in [-0.25, -0.2) is 9.59 Å². The van der Waals surface area contributed by atoms with Gasteiger partial charge in [0.05, 0.1) is 22.5 Å². The normalized spacial score (nSPS) is 10.3. The zero-order valence-corrected chi connectivity index (χ0v) is 12.5. The van der Waals surface area contributed by atoms with Crippen LogP contribution in [-0.2, 0) is 6.42 Å². The zero-order chi connectivity index (χ0) is 16.3. The molecule has 0 unspecified atom stereocenters. The number of nitrogens with one attached hydrogen (secondary N) is 1. The molecule has 0 spiro atoms. The summed E-state index contributed by atoms with van der Waals surface area (Å²) >= 11 is 5.89. The number of carbonyl (C=O) groups is 2. The number of carboxylic acids is 2. The second-order valence-electron chi connectivity index (χ2n) is 4.66. The first-order valence-electron chi connectivity index (χ1n) is 6.58. The molecule has 6 heteroatoms. The molecule has 2 aromatic rings. The summed E-state index contributed by atoms with van der Waals surface area (Å²) in [5, 5.41) is 21.7. The number of benzene rings is 2. The number of aromatic carboxylic acids is 2. The van der Waals surface area contributed by atoms with Gasteiger partial charge < -0.3 is 15.5 Å². The van der Waals surface area contributed by atoms with Crippen LogP contribution in [0, 0.1) is 0 Å². The van der Waals surface area contributed by atoms with Crippen molar-refractivity contribution < 1.29 is 19.8 Å². The van der Waals surface area contributed by atoms with Crippen LogP contribution in [0.3, 0.4) is 0 Å². The molecular weight excluding hydrogens is 306 g/mol. The molecule has 22 heavy (non-hydrogen) atoms. The van der Waals surface area contributed by atoms with Crippen molar-refractivity contribution >= 4 is 34.9 Å². The van der Waals surface area contributed by atoms with E-state index >= 15 is 0 Å². The van der Waals surface area contributed by atoms with Crippen LogP contribution in [0.5, 0.6) is 0 Å². The van der Waals surface area contributed by atoms with Crippen LogP contribution >= 0.6 is 11.6 Å². The fourth-order valence-electron chi connectivity index (χ4n) is 2.05. The van der Waals surface area contributed by atoms with Crippen molar-refractivity contribution in [2.24, 2.45) is 0 Å². The van der Waals surface area contributed by atoms with Gasteiger partial charge in [-0.3, -0.25) is 0 Å². The lowest BCUT2D eigenvalue weighted by atomic mass is 10.1. The number of aryl methyl sites for hydroxylation is 1. The number of halogens is 1. The van der Waals surface area contributed by atoms with Gasteiger partial charge in [-0.15, -0.1) is 0 Å². The summed E-state index contributed by atoms with van der Waals surface area (Å²) in [7, 11) is 0. The van der Waals surface area contributed by atoms with Crippen molar-refractivity contribution in [3.05, 3.63) is 58.1 Å². The lowest BCUT2D eigenvalue weighted by Crippen LogP contribution is -2.07. The lowest BCUT2D eigenvalue weighted by molar-refractivity contribution is 0.0688. The Morgan fingerprint density at radius 1 is 1.00 bits per heavy atom. The van der Waals surface area contributed by atoms with Crippen LogP contribution in [0.2, 0.25) is 5.02 Å². The molecule has 3 N–H and O–H groups in total. The maximum absolute atomic E-state index is 11.4. The number of hydrogen-bond acceptors (Lipinski definition) is 3. The number of carboxylic acid groups (broad SMARTS) is 2. The predicted octanol–water partition coefficient (Wildman–Crippen LogP) is 4.04. The van der Waals surface area contributed by atoms with Gasteiger partial charge >= 0.3 is 11.9 Å². The van der Waals surface area contributed by atoms with Gasteiger partial charge in [-0.05, 0) is 42.3 Å². The summed E-state index contributed by atoms with van der Waals surface area (Å²) in [6.07, 6.45) is 0.706. The first-order chi connectivity index (χ1) is 10.4. The molecule has 0 aromatic heterocycles. The average molecular weight is 320 g/mol. The van der Waals surface area contributed by atoms with Crippen molar-refractivity contribution in [2.75, 3.05) is 5.32 Å². The summed E-state index contributed by atoms with van der Waals surface area (Å²) in [4.78, 5) is 22.6. The van der Waals surface area contributed by atoms with Gasteiger partial charge in [0, 0.05) is 5.02 Å². The molecule has 0 aliphatic carbocycles. The molecule has 2 rings (SSSR count). The molecule has 0 heterocycles. The van der Waals surface area contributed by atoms with E-state index in [1.54, 1.807) is 18.2 Å². The first kappa shape index (κ1) is 15.9. The van der Waals surface area contributed by atoms with E-state index in [4.69, 9.17) is 11.6 Å². The SMILES string of the molecule is CCc1ccc(Nc2cc(Cl)ccc2C(=O)O)c(C(=O)O)c1. The Labute approximate surface area is 132 Å². The summed E-state index contributed by atoms with van der Waals surface area (Å²) in [5.41, 5.74) is 1.53. The maximum Gasteiger partial charge on any atom is 0.337 e. The predicted molar refractivity (Wildman–Crippen MR) is 84.5 cm³/mol. The molecular formula is C16H14ClNO4. The van der Waals surface area contributed by atoms with Gasteiger partial charge in [0.1, 0.15) is 0 Å². The van der Waals surface area contributed by atoms with Crippen LogP contribution < -0.4 is 5.32 Å². The van der Waals surface area contributed by atoms with Crippen LogP contribution in [-0.4, -0.2) is 22.2 Å². The number of rotatable bonds is 5. The molecule has 0 saturated heterocycles. The minimum absolute atomic E-state index is 0.0142. The van der Waals surface area contributed by atoms with Gasteiger partial charge in [0.15, 0.2) is 0 Å². The van der Waals surface area contributed by atoms with Crippen LogP contribution in [0.15, 0.2) is 36.4 Å². The highest BCUT2D eigenvalue weighted by molar-refractivity contribution is 6.31. The van der Waals surface area contributed by atoms with E-state index in [-0.39, 0.29) is 16.8 Å². The van der Waals surface area contributed by atoms with E-state index in [9.17, 15) is 19.8 Å². The molecule has 0 saturated carbocycles. The Kier molecular flexibility index (Phi) is 4.68. The Balaban J connectivity index is 2.49. The van der Waals surface area contributed by atoms with Gasteiger partial charge in [0.2, 0.25) is 0 Å². The molecule has 5 nitrogen and oxygen atoms in total. The monoisotopic (exact) mass is 319 g/mol. The minimum Gasteiger partial charge on any atom is -0.478 e. The standard InChI is InChI=1S/C16H14ClNO4/c1-2-9-3-6-13(12(7-9)16(21)22)18-14-8-10(17)4-5-11(14)15(19)20/h3-8,18H,2H2,1H3,(H,19,20)(H,21,22). The summed E-state index contributed by atoms with van der Waals surface area (Å²) in [6.45, 7) is 1.92. The van der Waals surface area contributed by atoms with Gasteiger partial charge in [-0.2, -0.15) is 0 Å². The van der Waals surface area contributed by atoms with Crippen molar-refractivity contribution in [1.82, 2.24) is 0 Å². The average Bonchev–Trinajstić information content (AvgIpc) is 2.47. The molecule has 0 aliphatic heterocycles. The lowest BCUT2D eigenvalue weighted by Gasteiger charge is -2.13. The third kappa shape index (κ3) is 3.38. The van der Waals surface area contributed by atoms with E-state index in [0.717, 1.165) is 5.56 Å². The van der Waals surface area contributed by atoms with E-state index in [2.05, 4.69) is 5.32 Å². The quantitative estimate of drug-likeness (QED) is 0.774. The van der Waals surface area contributed by atoms with Gasteiger partial charge in [0.25, 0.3) is 0 Å². The van der Waals surface area contributed by atoms with E-state index in [1.807, 2.05) is 6.92 Å². The largest absolute Gasteiger partial charge is 0.478 e. The van der Waals surface area contributed by atoms with Crippen LogP contribution in [0.1, 0.15) is 33.2 Å². The molecule has 0 radical (unpaired) electrons. The Bertz CT molecular complexity index is 743. The molecule has 0 bridgehead atoms. The van der Waals surface area contributed by atoms with E-state index < -0.39 is 11.9 Å². The van der Waals surface area contributed by atoms with Gasteiger partial charge in [-0.1, -0.05) is 24.6 Å². The minimum atomic E-state index is -1.12. The molecule has 0 atom stereocenters. The molecule has 0 amide bonds. The fraction of sp³-hybridized carbons (Fsp3) is 0.125. The smallest absolute Gasteiger partial charge is 0.337 e. The maximum atomic E-state index is 11.4. The Morgan fingerprint density at radius 2 is 1.68 bits per heavy atom. The highest BCUT2D eigenvalue weighted by atomic mass is 35.5. The highest BCUT2D eigenvalue weighted by Crippen LogP contribution is 2.27. The molecule has 0 aliphatic rings. The van der Waals surface area contributed by atoms with Crippen molar-refractivity contribution in [2.45, 2.75) is 13.3 Å². The third-order valence-electron chi connectivity index (χ3n) is 3.20. The van der Waals surface area contributed by atoms with Crippen LogP contribution in [0.4, 0.5) is 11.4 Å². The summed E-state index contributed by atoms with van der Waals surface area (Å²) in [6, 6.07) is 9.26. The molecule has 114 valence electrons. The highest BCUT2D eigenvalue weighted by Gasteiger charge is 2.15. The summed E-state index contributed by atoms with van der Waals surface area (Å²) in [5.74, 6) is -2.21. The van der Waals surface area contributed by atoms with E-state index in [1.165, 1.54) is 18.2 Å². The topological polar surface area (TPSA) is 86.6 Å². The molecule has 0 fully saturated rings. The molecule has 2 aromatic carbocycles. The first-order valence-corrected chi connectivity index (χ1v) is 6.96. The Hall–Kier alpha value is -2.53. The fourth-order valence-corrected chi connectivity index (χ4v) is 2.22.